The van der Waals surface area contributed by atoms with Crippen molar-refractivity contribution >= 4 is 21.7 Å². The summed E-state index contributed by atoms with van der Waals surface area (Å²) in [6, 6.07) is 5.25. The van der Waals surface area contributed by atoms with E-state index in [0.717, 1.165) is 6.07 Å². The van der Waals surface area contributed by atoms with Crippen molar-refractivity contribution in [1.82, 2.24) is 0 Å². The molecule has 0 amide bonds. The van der Waals surface area contributed by atoms with Gasteiger partial charge in [-0.05, 0) is 18.6 Å². The Morgan fingerprint density at radius 1 is 1.53 bits per heavy atom. The van der Waals surface area contributed by atoms with Gasteiger partial charge in [0.25, 0.3) is 0 Å². The van der Waals surface area contributed by atoms with Crippen LogP contribution in [0.15, 0.2) is 18.2 Å². The van der Waals surface area contributed by atoms with Crippen LogP contribution in [0.2, 0.25) is 0 Å². The molecule has 0 saturated carbocycles. The van der Waals surface area contributed by atoms with Crippen molar-refractivity contribution in [3.05, 3.63) is 23.8 Å². The number of carboxylic acid groups (broad SMARTS) is 1. The number of carboxylic acids is 1. The highest BCUT2D eigenvalue weighted by molar-refractivity contribution is 7.93. The second kappa shape index (κ2) is 5.58. The summed E-state index contributed by atoms with van der Waals surface area (Å²) >= 11 is 0. The standard InChI is InChI=1S/C11H12N2O5S/c1-2-7(6-12)19(17,18)13-9-5-3-4-8(10(9)14)11(15)16/h3-5,7,13-14H,2H2,1H3,(H,15,16). The molecule has 19 heavy (non-hydrogen) atoms. The van der Waals surface area contributed by atoms with Gasteiger partial charge in [0.2, 0.25) is 10.0 Å². The van der Waals surface area contributed by atoms with Crippen molar-refractivity contribution < 1.29 is 23.4 Å². The van der Waals surface area contributed by atoms with Gasteiger partial charge < -0.3 is 10.2 Å². The van der Waals surface area contributed by atoms with Crippen LogP contribution in [-0.4, -0.2) is 29.9 Å². The molecule has 0 aromatic heterocycles. The van der Waals surface area contributed by atoms with Crippen LogP contribution < -0.4 is 4.72 Å². The third-order valence-corrected chi connectivity index (χ3v) is 4.10. The van der Waals surface area contributed by atoms with Gasteiger partial charge in [0.15, 0.2) is 11.0 Å². The quantitative estimate of drug-likeness (QED) is 0.695. The Morgan fingerprint density at radius 2 is 2.16 bits per heavy atom. The second-order valence-corrected chi connectivity index (χ2v) is 5.54. The molecule has 0 saturated heterocycles. The first-order valence-electron chi connectivity index (χ1n) is 5.30. The van der Waals surface area contributed by atoms with Gasteiger partial charge in [0, 0.05) is 0 Å². The van der Waals surface area contributed by atoms with Gasteiger partial charge in [0.05, 0.1) is 11.8 Å². The second-order valence-electron chi connectivity index (χ2n) is 3.68. The minimum Gasteiger partial charge on any atom is -0.505 e. The number of hydrogen-bond donors (Lipinski definition) is 3. The molecule has 1 aromatic carbocycles. The summed E-state index contributed by atoms with van der Waals surface area (Å²) in [5.74, 6) is -2.07. The van der Waals surface area contributed by atoms with Crippen LogP contribution in [0.3, 0.4) is 0 Å². The van der Waals surface area contributed by atoms with E-state index < -0.39 is 32.6 Å². The van der Waals surface area contributed by atoms with Crippen LogP contribution in [0.4, 0.5) is 5.69 Å². The zero-order valence-electron chi connectivity index (χ0n) is 9.99. The average molecular weight is 284 g/mol. The molecule has 0 radical (unpaired) electrons. The van der Waals surface area contributed by atoms with Crippen LogP contribution in [0, 0.1) is 11.3 Å². The van der Waals surface area contributed by atoms with E-state index >= 15 is 0 Å². The van der Waals surface area contributed by atoms with Gasteiger partial charge in [0.1, 0.15) is 5.56 Å². The van der Waals surface area contributed by atoms with Gasteiger partial charge in [-0.15, -0.1) is 0 Å². The largest absolute Gasteiger partial charge is 0.505 e. The lowest BCUT2D eigenvalue weighted by Crippen LogP contribution is -2.26. The Morgan fingerprint density at radius 3 is 2.63 bits per heavy atom. The number of nitriles is 1. The number of benzene rings is 1. The maximum Gasteiger partial charge on any atom is 0.339 e. The summed E-state index contributed by atoms with van der Waals surface area (Å²) in [6.07, 6.45) is 0.0746. The van der Waals surface area contributed by atoms with Crippen LogP contribution in [-0.2, 0) is 10.0 Å². The molecular weight excluding hydrogens is 272 g/mol. The molecule has 0 aliphatic rings. The molecule has 0 fully saturated rings. The first-order chi connectivity index (χ1) is 8.83. The maximum absolute atomic E-state index is 11.8. The molecule has 1 unspecified atom stereocenters. The molecule has 0 heterocycles. The van der Waals surface area contributed by atoms with Crippen LogP contribution >= 0.6 is 0 Å². The Labute approximate surface area is 110 Å². The Kier molecular flexibility index (Phi) is 4.34. The third kappa shape index (κ3) is 3.14. The minimum absolute atomic E-state index is 0.0746. The molecule has 3 N–H and O–H groups in total. The van der Waals surface area contributed by atoms with Crippen LogP contribution in [0.5, 0.6) is 5.75 Å². The Hall–Kier alpha value is -2.27. The maximum atomic E-state index is 11.8. The number of carbonyl (C=O) groups is 1. The van der Waals surface area contributed by atoms with Crippen molar-refractivity contribution in [3.63, 3.8) is 0 Å². The topological polar surface area (TPSA) is 127 Å². The number of nitrogens with zero attached hydrogens (tertiary/aromatic N) is 1. The number of phenols is 1. The van der Waals surface area contributed by atoms with E-state index in [9.17, 15) is 18.3 Å². The highest BCUT2D eigenvalue weighted by atomic mass is 32.2. The Balaban J connectivity index is 3.18. The molecule has 0 bridgehead atoms. The zero-order chi connectivity index (χ0) is 14.6. The monoisotopic (exact) mass is 284 g/mol. The van der Waals surface area contributed by atoms with Crippen molar-refractivity contribution in [2.75, 3.05) is 4.72 Å². The number of hydrogen-bond acceptors (Lipinski definition) is 5. The average Bonchev–Trinajstić information content (AvgIpc) is 2.32. The van der Waals surface area contributed by atoms with E-state index in [-0.39, 0.29) is 12.1 Å². The van der Waals surface area contributed by atoms with Gasteiger partial charge in [-0.2, -0.15) is 5.26 Å². The van der Waals surface area contributed by atoms with E-state index in [0.29, 0.717) is 0 Å². The van der Waals surface area contributed by atoms with E-state index in [1.165, 1.54) is 19.1 Å². The molecule has 1 aromatic rings. The summed E-state index contributed by atoms with van der Waals surface area (Å²) in [7, 11) is -4.00. The summed E-state index contributed by atoms with van der Waals surface area (Å²) in [4.78, 5) is 10.8. The Bertz CT molecular complexity index is 633. The molecular formula is C11H12N2O5S. The molecule has 1 rings (SSSR count). The fraction of sp³-hybridized carbons (Fsp3) is 0.273. The molecule has 102 valence electrons. The number of rotatable bonds is 5. The van der Waals surface area contributed by atoms with Crippen molar-refractivity contribution in [2.24, 2.45) is 0 Å². The highest BCUT2D eigenvalue weighted by Gasteiger charge is 2.25. The van der Waals surface area contributed by atoms with E-state index in [4.69, 9.17) is 10.4 Å². The number of nitrogens with one attached hydrogen (secondary N) is 1. The SMILES string of the molecule is CCC(C#N)S(=O)(=O)Nc1cccc(C(=O)O)c1O. The van der Waals surface area contributed by atoms with Gasteiger partial charge in [-0.1, -0.05) is 13.0 Å². The van der Waals surface area contributed by atoms with Gasteiger partial charge in [-0.3, -0.25) is 4.72 Å². The molecule has 0 aliphatic heterocycles. The van der Waals surface area contributed by atoms with Gasteiger partial charge in [-0.25, -0.2) is 13.2 Å². The molecule has 0 aliphatic carbocycles. The summed E-state index contributed by atoms with van der Waals surface area (Å²) in [6.45, 7) is 1.53. The van der Waals surface area contributed by atoms with E-state index in [2.05, 4.69) is 0 Å². The first-order valence-corrected chi connectivity index (χ1v) is 6.84. The summed E-state index contributed by atoms with van der Waals surface area (Å²) in [5, 5.41) is 25.9. The first kappa shape index (κ1) is 14.8. The van der Waals surface area contributed by atoms with Crippen molar-refractivity contribution in [3.8, 4) is 11.8 Å². The third-order valence-electron chi connectivity index (χ3n) is 2.41. The summed E-state index contributed by atoms with van der Waals surface area (Å²) in [5.41, 5.74) is -0.696. The normalized spacial score (nSPS) is 12.4. The number of aromatic hydroxyl groups is 1. The fourth-order valence-corrected chi connectivity index (χ4v) is 2.59. The predicted octanol–water partition coefficient (Wildman–Crippen LogP) is 1.13. The van der Waals surface area contributed by atoms with E-state index in [1.807, 2.05) is 4.72 Å². The van der Waals surface area contributed by atoms with Crippen LogP contribution in [0.1, 0.15) is 23.7 Å². The lowest BCUT2D eigenvalue weighted by atomic mass is 10.2. The fourth-order valence-electron chi connectivity index (χ4n) is 1.40. The number of sulfonamides is 1. The summed E-state index contributed by atoms with van der Waals surface area (Å²) < 4.78 is 25.6. The lowest BCUT2D eigenvalue weighted by molar-refractivity contribution is 0.0694. The number of para-hydroxylation sites is 1. The number of aromatic carboxylic acids is 1. The molecule has 7 nitrogen and oxygen atoms in total. The lowest BCUT2D eigenvalue weighted by Gasteiger charge is -2.13. The van der Waals surface area contributed by atoms with Crippen LogP contribution in [0.25, 0.3) is 0 Å². The van der Waals surface area contributed by atoms with Gasteiger partial charge >= 0.3 is 5.97 Å². The smallest absolute Gasteiger partial charge is 0.339 e. The van der Waals surface area contributed by atoms with E-state index in [1.54, 1.807) is 6.07 Å². The molecule has 0 spiro atoms. The highest BCUT2D eigenvalue weighted by Crippen LogP contribution is 2.29. The molecule has 1 atom stereocenters. The minimum atomic E-state index is -4.00. The van der Waals surface area contributed by atoms with Crippen molar-refractivity contribution in [1.29, 1.82) is 5.26 Å². The molecule has 8 heteroatoms. The number of anilines is 1. The van der Waals surface area contributed by atoms with Crippen molar-refractivity contribution in [2.45, 2.75) is 18.6 Å². The predicted molar refractivity (Wildman–Crippen MR) is 67.3 cm³/mol. The zero-order valence-corrected chi connectivity index (χ0v) is 10.8.